The average Bonchev–Trinajstić information content (AvgIpc) is 2.60. The topological polar surface area (TPSA) is 124 Å². The Labute approximate surface area is 152 Å². The van der Waals surface area contributed by atoms with E-state index >= 15 is 0 Å². The minimum absolute atomic E-state index is 0.0825. The van der Waals surface area contributed by atoms with Gasteiger partial charge >= 0.3 is 0 Å². The number of carbonyl (C=O) groups excluding carboxylic acids is 1. The maximum Gasteiger partial charge on any atom is 0.293 e. The van der Waals surface area contributed by atoms with Gasteiger partial charge in [-0.2, -0.15) is 0 Å². The number of nitrogen functional groups attached to an aromatic ring is 1. The van der Waals surface area contributed by atoms with Gasteiger partial charge in [0.2, 0.25) is 0 Å². The normalized spacial score (nSPS) is 12.0. The minimum Gasteiger partial charge on any atom is -0.393 e. The van der Waals surface area contributed by atoms with E-state index in [1.54, 1.807) is 6.92 Å². The van der Waals surface area contributed by atoms with Crippen LogP contribution in [0.15, 0.2) is 36.4 Å². The summed E-state index contributed by atoms with van der Waals surface area (Å²) in [6.07, 6.45) is 0. The number of rotatable bonds is 6. The SMILES string of the molecule is Cc1cc(C(=O)NCC(N)c2ccc(C(C)C)cc2)c(N)c([N+](=O)[O-])c1. The molecule has 0 bridgehead atoms. The summed E-state index contributed by atoms with van der Waals surface area (Å²) in [5.74, 6) is -0.0522. The van der Waals surface area contributed by atoms with Crippen molar-refractivity contribution < 1.29 is 9.72 Å². The zero-order chi connectivity index (χ0) is 19.4. The first kappa shape index (κ1) is 19.4. The number of anilines is 1. The van der Waals surface area contributed by atoms with E-state index in [9.17, 15) is 14.9 Å². The molecule has 0 aromatic heterocycles. The largest absolute Gasteiger partial charge is 0.393 e. The van der Waals surface area contributed by atoms with Crippen LogP contribution in [0.4, 0.5) is 11.4 Å². The first-order chi connectivity index (χ1) is 12.2. The molecule has 1 atom stereocenters. The number of nitrogens with two attached hydrogens (primary N) is 2. The fraction of sp³-hybridized carbons (Fsp3) is 0.316. The number of hydrogen-bond donors (Lipinski definition) is 3. The van der Waals surface area contributed by atoms with Crippen LogP contribution in [0.1, 0.15) is 52.9 Å². The van der Waals surface area contributed by atoms with Gasteiger partial charge in [-0.15, -0.1) is 0 Å². The maximum atomic E-state index is 12.4. The highest BCUT2D eigenvalue weighted by atomic mass is 16.6. The van der Waals surface area contributed by atoms with E-state index in [0.717, 1.165) is 5.56 Å². The van der Waals surface area contributed by atoms with Gasteiger partial charge in [0.25, 0.3) is 11.6 Å². The van der Waals surface area contributed by atoms with Gasteiger partial charge in [0.15, 0.2) is 0 Å². The third-order valence-electron chi connectivity index (χ3n) is 4.26. The molecule has 0 saturated carbocycles. The summed E-state index contributed by atoms with van der Waals surface area (Å²) in [5.41, 5.74) is 14.3. The lowest BCUT2D eigenvalue weighted by Crippen LogP contribution is -2.32. The van der Waals surface area contributed by atoms with Crippen LogP contribution in [0, 0.1) is 17.0 Å². The van der Waals surface area contributed by atoms with Crippen LogP contribution in [-0.2, 0) is 0 Å². The maximum absolute atomic E-state index is 12.4. The molecule has 0 heterocycles. The van der Waals surface area contributed by atoms with E-state index in [0.29, 0.717) is 11.5 Å². The number of nitro benzene ring substituents is 1. The van der Waals surface area contributed by atoms with Crippen molar-refractivity contribution in [1.29, 1.82) is 0 Å². The first-order valence-corrected chi connectivity index (χ1v) is 8.38. The number of nitrogens with zero attached hydrogens (tertiary/aromatic N) is 1. The van der Waals surface area contributed by atoms with Crippen LogP contribution in [0.5, 0.6) is 0 Å². The molecule has 1 unspecified atom stereocenters. The average molecular weight is 356 g/mol. The van der Waals surface area contributed by atoms with Crippen LogP contribution < -0.4 is 16.8 Å². The van der Waals surface area contributed by atoms with Crippen molar-refractivity contribution in [2.45, 2.75) is 32.7 Å². The summed E-state index contributed by atoms with van der Waals surface area (Å²) in [6, 6.07) is 10.4. The number of aryl methyl sites for hydroxylation is 1. The fourth-order valence-electron chi connectivity index (χ4n) is 2.66. The lowest BCUT2D eigenvalue weighted by atomic mass is 9.99. The van der Waals surface area contributed by atoms with Crippen molar-refractivity contribution in [2.75, 3.05) is 12.3 Å². The Morgan fingerprint density at radius 2 is 1.77 bits per heavy atom. The molecule has 0 radical (unpaired) electrons. The third-order valence-corrected chi connectivity index (χ3v) is 4.26. The summed E-state index contributed by atoms with van der Waals surface area (Å²) < 4.78 is 0. The summed E-state index contributed by atoms with van der Waals surface area (Å²) in [4.78, 5) is 22.9. The molecule has 7 nitrogen and oxygen atoms in total. The Morgan fingerprint density at radius 1 is 1.19 bits per heavy atom. The lowest BCUT2D eigenvalue weighted by Gasteiger charge is -2.15. The number of amides is 1. The van der Waals surface area contributed by atoms with Crippen molar-refractivity contribution >= 4 is 17.3 Å². The number of nitrogens with one attached hydrogen (secondary N) is 1. The number of hydrogen-bond acceptors (Lipinski definition) is 5. The Morgan fingerprint density at radius 3 is 2.31 bits per heavy atom. The molecule has 0 saturated heterocycles. The minimum atomic E-state index is -0.596. The molecule has 2 aromatic rings. The fourth-order valence-corrected chi connectivity index (χ4v) is 2.66. The van der Waals surface area contributed by atoms with Gasteiger partial charge in [-0.05, 0) is 35.6 Å². The highest BCUT2D eigenvalue weighted by molar-refractivity contribution is 6.01. The molecular formula is C19H24N4O3. The number of carbonyl (C=O) groups is 1. The number of nitro groups is 1. The molecule has 5 N–H and O–H groups in total. The number of benzene rings is 2. The van der Waals surface area contributed by atoms with Crippen molar-refractivity contribution in [2.24, 2.45) is 5.73 Å². The Kier molecular flexibility index (Phi) is 5.94. The van der Waals surface area contributed by atoms with Crippen molar-refractivity contribution in [3.8, 4) is 0 Å². The standard InChI is InChI=1S/C19H24N4O3/c1-11(2)13-4-6-14(7-5-13)16(20)10-22-19(24)15-8-12(3)9-17(18(15)21)23(25)26/h4-9,11,16H,10,20-21H2,1-3H3,(H,22,24). The predicted octanol–water partition coefficient (Wildman–Crippen LogP) is 3.04. The van der Waals surface area contributed by atoms with Crippen LogP contribution in [0.25, 0.3) is 0 Å². The summed E-state index contributed by atoms with van der Waals surface area (Å²) in [5, 5.41) is 13.8. The van der Waals surface area contributed by atoms with E-state index in [1.165, 1.54) is 17.7 Å². The highest BCUT2D eigenvalue weighted by Gasteiger charge is 2.21. The smallest absolute Gasteiger partial charge is 0.293 e. The van der Waals surface area contributed by atoms with E-state index in [1.807, 2.05) is 24.3 Å². The van der Waals surface area contributed by atoms with Gasteiger partial charge in [-0.3, -0.25) is 14.9 Å². The zero-order valence-electron chi connectivity index (χ0n) is 15.2. The molecular weight excluding hydrogens is 332 g/mol. The molecule has 0 aliphatic carbocycles. The van der Waals surface area contributed by atoms with Gasteiger partial charge in [0.05, 0.1) is 10.5 Å². The molecule has 0 aliphatic heterocycles. The van der Waals surface area contributed by atoms with Gasteiger partial charge in [0.1, 0.15) is 5.69 Å². The highest BCUT2D eigenvalue weighted by Crippen LogP contribution is 2.27. The van der Waals surface area contributed by atoms with Crippen LogP contribution in [0.3, 0.4) is 0 Å². The Balaban J connectivity index is 2.10. The second-order valence-corrected chi connectivity index (χ2v) is 6.64. The molecule has 26 heavy (non-hydrogen) atoms. The summed E-state index contributed by atoms with van der Waals surface area (Å²) in [6.45, 7) is 6.09. The van der Waals surface area contributed by atoms with Gasteiger partial charge in [0, 0.05) is 18.7 Å². The lowest BCUT2D eigenvalue weighted by molar-refractivity contribution is -0.384. The zero-order valence-corrected chi connectivity index (χ0v) is 15.2. The summed E-state index contributed by atoms with van der Waals surface area (Å²) >= 11 is 0. The Hall–Kier alpha value is -2.93. The van der Waals surface area contributed by atoms with E-state index in [-0.39, 0.29) is 29.5 Å². The monoisotopic (exact) mass is 356 g/mol. The molecule has 1 amide bonds. The van der Waals surface area contributed by atoms with E-state index < -0.39 is 10.8 Å². The van der Waals surface area contributed by atoms with Gasteiger partial charge < -0.3 is 16.8 Å². The summed E-state index contributed by atoms with van der Waals surface area (Å²) in [7, 11) is 0. The molecule has 138 valence electrons. The van der Waals surface area contributed by atoms with Crippen molar-refractivity contribution in [1.82, 2.24) is 5.32 Å². The molecule has 0 spiro atoms. The van der Waals surface area contributed by atoms with E-state index in [2.05, 4.69) is 19.2 Å². The first-order valence-electron chi connectivity index (χ1n) is 8.38. The van der Waals surface area contributed by atoms with E-state index in [4.69, 9.17) is 11.5 Å². The quantitative estimate of drug-likeness (QED) is 0.417. The molecule has 0 fully saturated rings. The van der Waals surface area contributed by atoms with Gasteiger partial charge in [-0.1, -0.05) is 38.1 Å². The van der Waals surface area contributed by atoms with Crippen molar-refractivity contribution in [3.05, 3.63) is 68.8 Å². The molecule has 0 aliphatic rings. The van der Waals surface area contributed by atoms with Crippen LogP contribution >= 0.6 is 0 Å². The predicted molar refractivity (Wildman–Crippen MR) is 102 cm³/mol. The molecule has 7 heteroatoms. The van der Waals surface area contributed by atoms with Gasteiger partial charge in [-0.25, -0.2) is 0 Å². The molecule has 2 aromatic carbocycles. The Bertz CT molecular complexity index is 816. The van der Waals surface area contributed by atoms with Crippen LogP contribution in [0.2, 0.25) is 0 Å². The van der Waals surface area contributed by atoms with Crippen LogP contribution in [-0.4, -0.2) is 17.4 Å². The third kappa shape index (κ3) is 4.37. The second kappa shape index (κ2) is 7.97. The molecule has 2 rings (SSSR count). The second-order valence-electron chi connectivity index (χ2n) is 6.64. The van der Waals surface area contributed by atoms with Crippen molar-refractivity contribution in [3.63, 3.8) is 0 Å².